The molecule has 3 rings (SSSR count). The van der Waals surface area contributed by atoms with E-state index in [9.17, 15) is 14.4 Å². The van der Waals surface area contributed by atoms with E-state index in [-0.39, 0.29) is 30.3 Å². The molecule has 3 aromatic rings. The van der Waals surface area contributed by atoms with Gasteiger partial charge in [0.15, 0.2) is 5.16 Å². The van der Waals surface area contributed by atoms with Gasteiger partial charge in [-0.05, 0) is 49.9 Å². The molecule has 1 aromatic heterocycles. The molecule has 0 aliphatic rings. The second kappa shape index (κ2) is 10.4. The maximum atomic E-state index is 12.4. The summed E-state index contributed by atoms with van der Waals surface area (Å²) in [4.78, 5) is 43.7. The number of H-pyrrole nitrogens is 1. The van der Waals surface area contributed by atoms with Crippen LogP contribution in [0.3, 0.4) is 0 Å². The molecule has 8 nitrogen and oxygen atoms in total. The van der Waals surface area contributed by atoms with Crippen LogP contribution in [0, 0.1) is 6.92 Å². The lowest BCUT2D eigenvalue weighted by molar-refractivity contribution is -0.116. The zero-order valence-electron chi connectivity index (χ0n) is 17.2. The second-order valence-corrected chi connectivity index (χ2v) is 7.51. The van der Waals surface area contributed by atoms with Gasteiger partial charge in [0.05, 0.1) is 0 Å². The maximum absolute atomic E-state index is 12.4. The molecule has 160 valence electrons. The first kappa shape index (κ1) is 22.1. The number of para-hydroxylation sites is 1. The van der Waals surface area contributed by atoms with Crippen LogP contribution >= 0.6 is 11.8 Å². The molecule has 0 saturated heterocycles. The van der Waals surface area contributed by atoms with Gasteiger partial charge in [-0.3, -0.25) is 9.59 Å². The van der Waals surface area contributed by atoms with E-state index >= 15 is 0 Å². The van der Waals surface area contributed by atoms with Crippen molar-refractivity contribution in [1.29, 1.82) is 0 Å². The number of amides is 3. The van der Waals surface area contributed by atoms with Crippen LogP contribution in [0.4, 0.5) is 21.9 Å². The monoisotopic (exact) mass is 437 g/mol. The van der Waals surface area contributed by atoms with Gasteiger partial charge >= 0.3 is 6.03 Å². The fraction of sp³-hybridized carbons (Fsp3) is 0.182. The quantitative estimate of drug-likeness (QED) is 0.329. The number of rotatable bonds is 7. The van der Waals surface area contributed by atoms with Crippen LogP contribution < -0.4 is 21.5 Å². The summed E-state index contributed by atoms with van der Waals surface area (Å²) in [6, 6.07) is 15.5. The summed E-state index contributed by atoms with van der Waals surface area (Å²) >= 11 is 1.36. The van der Waals surface area contributed by atoms with Crippen molar-refractivity contribution in [3.63, 3.8) is 0 Å². The maximum Gasteiger partial charge on any atom is 0.323 e. The fourth-order valence-electron chi connectivity index (χ4n) is 2.93. The zero-order valence-corrected chi connectivity index (χ0v) is 18.0. The minimum Gasteiger partial charge on any atom is -0.326 e. The zero-order chi connectivity index (χ0) is 22.2. The summed E-state index contributed by atoms with van der Waals surface area (Å²) in [6.07, 6.45) is 2.25. The van der Waals surface area contributed by atoms with Gasteiger partial charge in [-0.2, -0.15) is 0 Å². The summed E-state index contributed by atoms with van der Waals surface area (Å²) in [5, 5.41) is 8.80. The van der Waals surface area contributed by atoms with Gasteiger partial charge in [-0.25, -0.2) is 9.78 Å². The van der Waals surface area contributed by atoms with Crippen LogP contribution in [0.25, 0.3) is 0 Å². The highest BCUT2D eigenvalue weighted by Crippen LogP contribution is 2.17. The number of carbonyl (C=O) groups is 2. The van der Waals surface area contributed by atoms with E-state index < -0.39 is 0 Å². The number of anilines is 3. The number of nitrogens with zero attached hydrogens (tertiary/aromatic N) is 1. The van der Waals surface area contributed by atoms with E-state index in [4.69, 9.17) is 0 Å². The number of aromatic nitrogens is 2. The third kappa shape index (κ3) is 6.45. The molecule has 4 N–H and O–H groups in total. The minimum atomic E-state index is -0.384. The molecule has 0 fully saturated rings. The SMILES string of the molecule is CSc1nc(C)c(CCC(=O)Nc2cccc(NC(=O)Nc3ccccc3)c2)c(=O)[nH]1. The van der Waals surface area contributed by atoms with Crippen molar-refractivity contribution in [2.45, 2.75) is 24.9 Å². The van der Waals surface area contributed by atoms with Gasteiger partial charge in [-0.15, -0.1) is 0 Å². The van der Waals surface area contributed by atoms with Crippen molar-refractivity contribution in [2.75, 3.05) is 22.2 Å². The van der Waals surface area contributed by atoms with Gasteiger partial charge in [0, 0.05) is 34.7 Å². The normalized spacial score (nSPS) is 10.4. The van der Waals surface area contributed by atoms with E-state index in [1.807, 2.05) is 24.5 Å². The highest BCUT2D eigenvalue weighted by atomic mass is 32.2. The third-order valence-electron chi connectivity index (χ3n) is 4.43. The Morgan fingerprint density at radius 2 is 1.61 bits per heavy atom. The van der Waals surface area contributed by atoms with Crippen molar-refractivity contribution in [3.05, 3.63) is 76.2 Å². The minimum absolute atomic E-state index is 0.135. The molecule has 0 bridgehead atoms. The number of urea groups is 1. The van der Waals surface area contributed by atoms with Crippen molar-refractivity contribution >= 4 is 40.8 Å². The average Bonchev–Trinajstić information content (AvgIpc) is 2.73. The lowest BCUT2D eigenvalue weighted by atomic mass is 10.1. The first-order chi connectivity index (χ1) is 14.9. The number of nitrogens with one attached hydrogen (secondary N) is 4. The topological polar surface area (TPSA) is 116 Å². The van der Waals surface area contributed by atoms with Gasteiger partial charge in [0.2, 0.25) is 5.91 Å². The number of thioether (sulfide) groups is 1. The van der Waals surface area contributed by atoms with E-state index in [0.29, 0.717) is 33.5 Å². The molecule has 0 saturated carbocycles. The van der Waals surface area contributed by atoms with Gasteiger partial charge < -0.3 is 20.9 Å². The third-order valence-corrected chi connectivity index (χ3v) is 5.01. The molecule has 0 atom stereocenters. The molecule has 0 aliphatic heterocycles. The molecule has 31 heavy (non-hydrogen) atoms. The highest BCUT2D eigenvalue weighted by molar-refractivity contribution is 7.98. The van der Waals surface area contributed by atoms with E-state index in [1.54, 1.807) is 43.3 Å². The molecule has 1 heterocycles. The first-order valence-electron chi connectivity index (χ1n) is 9.61. The predicted octanol–water partition coefficient (Wildman–Crippen LogP) is 4.02. The summed E-state index contributed by atoms with van der Waals surface area (Å²) in [7, 11) is 0. The van der Waals surface area contributed by atoms with E-state index in [1.165, 1.54) is 11.8 Å². The lowest BCUT2D eigenvalue weighted by Crippen LogP contribution is -2.20. The van der Waals surface area contributed by atoms with Gasteiger partial charge in [0.25, 0.3) is 5.56 Å². The molecule has 0 unspecified atom stereocenters. The van der Waals surface area contributed by atoms with E-state index in [2.05, 4.69) is 25.9 Å². The molecule has 0 radical (unpaired) electrons. The van der Waals surface area contributed by atoms with Crippen LogP contribution in [-0.2, 0) is 11.2 Å². The van der Waals surface area contributed by atoms with Crippen molar-refractivity contribution in [2.24, 2.45) is 0 Å². The van der Waals surface area contributed by atoms with Crippen molar-refractivity contribution < 1.29 is 9.59 Å². The Morgan fingerprint density at radius 1 is 0.968 bits per heavy atom. The van der Waals surface area contributed by atoms with Gasteiger partial charge in [0.1, 0.15) is 0 Å². The molecule has 0 aliphatic carbocycles. The largest absolute Gasteiger partial charge is 0.326 e. The van der Waals surface area contributed by atoms with Crippen molar-refractivity contribution in [3.8, 4) is 0 Å². The number of benzene rings is 2. The summed E-state index contributed by atoms with van der Waals surface area (Å²) in [5.41, 5.74) is 2.66. The van der Waals surface area contributed by atoms with Crippen LogP contribution in [0.2, 0.25) is 0 Å². The number of hydrogen-bond acceptors (Lipinski definition) is 5. The van der Waals surface area contributed by atoms with Crippen LogP contribution in [0.5, 0.6) is 0 Å². The average molecular weight is 438 g/mol. The number of hydrogen-bond donors (Lipinski definition) is 4. The Kier molecular flexibility index (Phi) is 7.45. The molecule has 9 heteroatoms. The Morgan fingerprint density at radius 3 is 2.29 bits per heavy atom. The van der Waals surface area contributed by atoms with Crippen LogP contribution in [0.15, 0.2) is 64.5 Å². The fourth-order valence-corrected chi connectivity index (χ4v) is 3.35. The first-order valence-corrected chi connectivity index (χ1v) is 10.8. The molecular formula is C22H23N5O3S. The van der Waals surface area contributed by atoms with Crippen molar-refractivity contribution in [1.82, 2.24) is 9.97 Å². The summed E-state index contributed by atoms with van der Waals surface area (Å²) < 4.78 is 0. The van der Waals surface area contributed by atoms with E-state index in [0.717, 1.165) is 0 Å². The Hall–Kier alpha value is -3.59. The smallest absolute Gasteiger partial charge is 0.323 e. The standard InChI is InChI=1S/C22H23N5O3S/c1-14-18(20(29)27-22(23-14)31-2)11-12-19(28)24-16-9-6-10-17(13-16)26-21(30)25-15-7-4-3-5-8-15/h3-10,13H,11-12H2,1-2H3,(H,24,28)(H,23,27,29)(H2,25,26,30). The Labute approximate surface area is 183 Å². The molecule has 2 aromatic carbocycles. The Balaban J connectivity index is 1.56. The summed E-state index contributed by atoms with van der Waals surface area (Å²) in [5.74, 6) is -0.237. The molecule has 0 spiro atoms. The number of aryl methyl sites for hydroxylation is 1. The number of aromatic amines is 1. The molecular weight excluding hydrogens is 414 g/mol. The molecule has 3 amide bonds. The second-order valence-electron chi connectivity index (χ2n) is 6.71. The predicted molar refractivity (Wildman–Crippen MR) is 124 cm³/mol. The number of carbonyl (C=O) groups excluding carboxylic acids is 2. The van der Waals surface area contributed by atoms with Gasteiger partial charge in [-0.1, -0.05) is 36.0 Å². The van der Waals surface area contributed by atoms with Crippen LogP contribution in [0.1, 0.15) is 17.7 Å². The summed E-state index contributed by atoms with van der Waals surface area (Å²) in [6.45, 7) is 1.76. The van der Waals surface area contributed by atoms with Crippen LogP contribution in [-0.4, -0.2) is 28.2 Å². The Bertz CT molecular complexity index is 1130. The highest BCUT2D eigenvalue weighted by Gasteiger charge is 2.11. The lowest BCUT2D eigenvalue weighted by Gasteiger charge is -2.10.